The van der Waals surface area contributed by atoms with Crippen LogP contribution in [0.25, 0.3) is 0 Å². The van der Waals surface area contributed by atoms with Gasteiger partial charge in [0.2, 0.25) is 0 Å². The molecule has 1 fully saturated rings. The molecule has 0 aliphatic carbocycles. The summed E-state index contributed by atoms with van der Waals surface area (Å²) in [6.07, 6.45) is 0. The Labute approximate surface area is 149 Å². The maximum absolute atomic E-state index is 9.96. The number of halogens is 1. The number of hydrogen-bond acceptors (Lipinski definition) is 3. The van der Waals surface area contributed by atoms with Crippen LogP contribution < -0.4 is 10.2 Å². The first-order chi connectivity index (χ1) is 11.1. The Morgan fingerprint density at radius 1 is 1.00 bits per heavy atom. The SMILES string of the molecule is Oc1ccccc1N1CCN(C(=S)Nc2ccc(Br)cc2)CC1. The van der Waals surface area contributed by atoms with Gasteiger partial charge < -0.3 is 20.2 Å². The topological polar surface area (TPSA) is 38.7 Å². The molecule has 0 aromatic heterocycles. The van der Waals surface area contributed by atoms with Gasteiger partial charge in [-0.25, -0.2) is 0 Å². The third-order valence-electron chi connectivity index (χ3n) is 3.88. The monoisotopic (exact) mass is 391 g/mol. The molecule has 0 spiro atoms. The number of phenols is 1. The van der Waals surface area contributed by atoms with Crippen molar-refractivity contribution < 1.29 is 5.11 Å². The van der Waals surface area contributed by atoms with Crippen molar-refractivity contribution >= 4 is 44.6 Å². The molecule has 23 heavy (non-hydrogen) atoms. The molecule has 0 amide bonds. The van der Waals surface area contributed by atoms with Crippen molar-refractivity contribution in [1.29, 1.82) is 0 Å². The van der Waals surface area contributed by atoms with Gasteiger partial charge in [-0.2, -0.15) is 0 Å². The van der Waals surface area contributed by atoms with E-state index in [-0.39, 0.29) is 0 Å². The quantitative estimate of drug-likeness (QED) is 0.763. The molecular formula is C17H18BrN3OS. The van der Waals surface area contributed by atoms with Crippen molar-refractivity contribution in [2.24, 2.45) is 0 Å². The van der Waals surface area contributed by atoms with Crippen molar-refractivity contribution in [1.82, 2.24) is 4.90 Å². The van der Waals surface area contributed by atoms with Crippen LogP contribution in [-0.2, 0) is 0 Å². The van der Waals surface area contributed by atoms with Crippen molar-refractivity contribution in [3.63, 3.8) is 0 Å². The summed E-state index contributed by atoms with van der Waals surface area (Å²) in [7, 11) is 0. The largest absolute Gasteiger partial charge is 0.506 e. The lowest BCUT2D eigenvalue weighted by Gasteiger charge is -2.37. The van der Waals surface area contributed by atoms with E-state index in [1.54, 1.807) is 6.07 Å². The average molecular weight is 392 g/mol. The minimum Gasteiger partial charge on any atom is -0.506 e. The Kier molecular flexibility index (Phi) is 5.03. The van der Waals surface area contributed by atoms with E-state index in [2.05, 4.69) is 31.0 Å². The molecule has 4 nitrogen and oxygen atoms in total. The van der Waals surface area contributed by atoms with E-state index in [1.807, 2.05) is 42.5 Å². The summed E-state index contributed by atoms with van der Waals surface area (Å²) in [5.41, 5.74) is 1.88. The molecule has 2 N–H and O–H groups in total. The molecule has 0 atom stereocenters. The molecule has 0 radical (unpaired) electrons. The fraction of sp³-hybridized carbons (Fsp3) is 0.235. The lowest BCUT2D eigenvalue weighted by atomic mass is 10.2. The first-order valence-corrected chi connectivity index (χ1v) is 8.68. The molecule has 0 bridgehead atoms. The summed E-state index contributed by atoms with van der Waals surface area (Å²) in [6, 6.07) is 15.4. The van der Waals surface area contributed by atoms with Crippen LogP contribution in [0.2, 0.25) is 0 Å². The van der Waals surface area contributed by atoms with Crippen LogP contribution in [0, 0.1) is 0 Å². The summed E-state index contributed by atoms with van der Waals surface area (Å²) in [4.78, 5) is 4.35. The summed E-state index contributed by atoms with van der Waals surface area (Å²) in [6.45, 7) is 3.33. The van der Waals surface area contributed by atoms with Gasteiger partial charge in [-0.05, 0) is 48.6 Å². The number of phenolic OH excluding ortho intramolecular Hbond substituents is 1. The van der Waals surface area contributed by atoms with E-state index in [1.165, 1.54) is 0 Å². The van der Waals surface area contributed by atoms with Crippen molar-refractivity contribution in [3.05, 3.63) is 53.0 Å². The maximum Gasteiger partial charge on any atom is 0.173 e. The van der Waals surface area contributed by atoms with Crippen LogP contribution in [0.1, 0.15) is 0 Å². The summed E-state index contributed by atoms with van der Waals surface area (Å²) < 4.78 is 1.05. The van der Waals surface area contributed by atoms with Gasteiger partial charge in [0.05, 0.1) is 5.69 Å². The van der Waals surface area contributed by atoms with Crippen molar-refractivity contribution in [2.45, 2.75) is 0 Å². The van der Waals surface area contributed by atoms with E-state index in [4.69, 9.17) is 12.2 Å². The molecule has 1 aliphatic rings. The normalized spacial score (nSPS) is 14.7. The van der Waals surface area contributed by atoms with Crippen LogP contribution in [0.3, 0.4) is 0 Å². The van der Waals surface area contributed by atoms with E-state index in [0.29, 0.717) is 5.75 Å². The number of anilines is 2. The number of benzene rings is 2. The van der Waals surface area contributed by atoms with Gasteiger partial charge in [0.25, 0.3) is 0 Å². The van der Waals surface area contributed by atoms with E-state index in [9.17, 15) is 5.11 Å². The predicted molar refractivity (Wildman–Crippen MR) is 102 cm³/mol. The molecule has 2 aromatic carbocycles. The highest BCUT2D eigenvalue weighted by Crippen LogP contribution is 2.27. The Hall–Kier alpha value is -1.79. The highest BCUT2D eigenvalue weighted by molar-refractivity contribution is 9.10. The summed E-state index contributed by atoms with van der Waals surface area (Å²) in [5, 5.41) is 14.0. The second-order valence-electron chi connectivity index (χ2n) is 5.40. The van der Waals surface area contributed by atoms with Gasteiger partial charge in [0, 0.05) is 36.3 Å². The number of nitrogens with zero attached hydrogens (tertiary/aromatic N) is 2. The number of para-hydroxylation sites is 2. The molecular weight excluding hydrogens is 374 g/mol. The number of piperazine rings is 1. The highest BCUT2D eigenvalue weighted by Gasteiger charge is 2.20. The molecule has 2 aromatic rings. The van der Waals surface area contributed by atoms with E-state index < -0.39 is 0 Å². The van der Waals surface area contributed by atoms with E-state index in [0.717, 1.165) is 47.1 Å². The molecule has 1 aliphatic heterocycles. The lowest BCUT2D eigenvalue weighted by molar-refractivity contribution is 0.387. The molecule has 3 rings (SSSR count). The number of aromatic hydroxyl groups is 1. The van der Waals surface area contributed by atoms with Crippen LogP contribution in [0.5, 0.6) is 5.75 Å². The zero-order valence-electron chi connectivity index (χ0n) is 12.6. The Balaban J connectivity index is 1.57. The summed E-state index contributed by atoms with van der Waals surface area (Å²) in [5.74, 6) is 0.330. The zero-order valence-corrected chi connectivity index (χ0v) is 15.0. The second kappa shape index (κ2) is 7.19. The van der Waals surface area contributed by atoms with Gasteiger partial charge in [-0.1, -0.05) is 28.1 Å². The van der Waals surface area contributed by atoms with Gasteiger partial charge in [-0.15, -0.1) is 0 Å². The maximum atomic E-state index is 9.96. The van der Waals surface area contributed by atoms with Crippen LogP contribution in [-0.4, -0.2) is 41.3 Å². The molecule has 120 valence electrons. The minimum atomic E-state index is 0.330. The number of hydrogen-bond donors (Lipinski definition) is 2. The van der Waals surface area contributed by atoms with Gasteiger partial charge in [0.1, 0.15) is 5.75 Å². The average Bonchev–Trinajstić information content (AvgIpc) is 2.57. The Morgan fingerprint density at radius 3 is 2.30 bits per heavy atom. The first-order valence-electron chi connectivity index (χ1n) is 7.48. The van der Waals surface area contributed by atoms with Crippen LogP contribution in [0.4, 0.5) is 11.4 Å². The second-order valence-corrected chi connectivity index (χ2v) is 6.70. The zero-order chi connectivity index (χ0) is 16.2. The van der Waals surface area contributed by atoms with Crippen molar-refractivity contribution in [3.8, 4) is 5.75 Å². The van der Waals surface area contributed by atoms with Gasteiger partial charge in [-0.3, -0.25) is 0 Å². The van der Waals surface area contributed by atoms with Gasteiger partial charge in [0.15, 0.2) is 5.11 Å². The first kappa shape index (κ1) is 16.1. The highest BCUT2D eigenvalue weighted by atomic mass is 79.9. The summed E-state index contributed by atoms with van der Waals surface area (Å²) >= 11 is 8.93. The minimum absolute atomic E-state index is 0.330. The Bertz CT molecular complexity index is 684. The molecule has 1 heterocycles. The number of rotatable bonds is 2. The van der Waals surface area contributed by atoms with Crippen LogP contribution >= 0.6 is 28.1 Å². The smallest absolute Gasteiger partial charge is 0.173 e. The lowest BCUT2D eigenvalue weighted by Crippen LogP contribution is -2.50. The predicted octanol–water partition coefficient (Wildman–Crippen LogP) is 3.67. The molecule has 1 saturated heterocycles. The van der Waals surface area contributed by atoms with E-state index >= 15 is 0 Å². The molecule has 6 heteroatoms. The van der Waals surface area contributed by atoms with Gasteiger partial charge >= 0.3 is 0 Å². The number of thiocarbonyl (C=S) groups is 1. The van der Waals surface area contributed by atoms with Crippen LogP contribution in [0.15, 0.2) is 53.0 Å². The Morgan fingerprint density at radius 2 is 1.65 bits per heavy atom. The molecule has 0 saturated carbocycles. The standard InChI is InChI=1S/C17H18BrN3OS/c18-13-5-7-14(8-6-13)19-17(23)21-11-9-20(10-12-21)15-3-1-2-4-16(15)22/h1-8,22H,9-12H2,(H,19,23). The number of nitrogens with one attached hydrogen (secondary N) is 1. The van der Waals surface area contributed by atoms with Crippen molar-refractivity contribution in [2.75, 3.05) is 36.4 Å². The fourth-order valence-electron chi connectivity index (χ4n) is 2.62. The fourth-order valence-corrected chi connectivity index (χ4v) is 3.18. The third-order valence-corrected chi connectivity index (χ3v) is 4.77. The third kappa shape index (κ3) is 3.95. The molecule has 0 unspecified atom stereocenters.